The lowest BCUT2D eigenvalue weighted by Crippen LogP contribution is -2.42. The summed E-state index contributed by atoms with van der Waals surface area (Å²) >= 11 is 13.8. The van der Waals surface area contributed by atoms with Crippen LogP contribution in [0.4, 0.5) is 0 Å². The second-order valence-electron chi connectivity index (χ2n) is 5.21. The van der Waals surface area contributed by atoms with E-state index in [2.05, 4.69) is 10.6 Å². The Kier molecular flexibility index (Phi) is 4.01. The molecule has 19 heavy (non-hydrogen) atoms. The number of nitrogens with one attached hydrogen (secondary N) is 2. The first-order valence-corrected chi connectivity index (χ1v) is 8.77. The highest BCUT2D eigenvalue weighted by Gasteiger charge is 2.50. The molecule has 0 aromatic rings. The maximum Gasteiger partial charge on any atom is 0.163 e. The first kappa shape index (κ1) is 14.3. The summed E-state index contributed by atoms with van der Waals surface area (Å²) in [7, 11) is 0. The number of rotatable bonds is 2. The van der Waals surface area contributed by atoms with Crippen LogP contribution in [0.1, 0.15) is 13.8 Å². The smallest absolute Gasteiger partial charge is 0.163 e. The Bertz CT molecular complexity index is 381. The second-order valence-corrected chi connectivity index (χ2v) is 9.05. The Morgan fingerprint density at radius 3 is 1.74 bits per heavy atom. The average Bonchev–Trinajstić information content (AvgIpc) is 2.98. The molecule has 0 radical (unpaired) electrons. The Balaban J connectivity index is 1.76. The average molecular weight is 337 g/mol. The number of hydrogen-bond donors (Lipinski definition) is 2. The largest absolute Gasteiger partial charge is 0.370 e. The van der Waals surface area contributed by atoms with Crippen molar-refractivity contribution >= 4 is 56.6 Å². The van der Waals surface area contributed by atoms with Crippen molar-refractivity contribution in [2.45, 2.75) is 42.3 Å². The third-order valence-corrected chi connectivity index (χ3v) is 6.37. The number of hydrogen-bond acceptors (Lipinski definition) is 6. The van der Waals surface area contributed by atoms with Crippen LogP contribution < -0.4 is 10.6 Å². The number of thiocarbonyl (C=S) groups is 2. The van der Waals surface area contributed by atoms with Crippen LogP contribution in [0.5, 0.6) is 0 Å². The minimum Gasteiger partial charge on any atom is -0.370 e. The fraction of sp³-hybridized carbons (Fsp3) is 0.818. The monoisotopic (exact) mass is 336 g/mol. The third-order valence-electron chi connectivity index (χ3n) is 3.31. The van der Waals surface area contributed by atoms with E-state index in [0.717, 1.165) is 21.7 Å². The molecule has 4 nitrogen and oxygen atoms in total. The van der Waals surface area contributed by atoms with Crippen LogP contribution in [0.2, 0.25) is 0 Å². The summed E-state index contributed by atoms with van der Waals surface area (Å²) in [6, 6.07) is 0. The molecule has 8 heteroatoms. The van der Waals surface area contributed by atoms with E-state index in [0.29, 0.717) is 10.5 Å². The Morgan fingerprint density at radius 1 is 1.00 bits per heavy atom. The predicted octanol–water partition coefficient (Wildman–Crippen LogP) is 1.49. The normalized spacial score (nSPS) is 41.4. The SMILES string of the molecule is CC1(C)O[C@H]([C@H]2CNC(=S)S2)[C@@H]([C@H]2CNC(=S)S2)O1. The molecular weight excluding hydrogens is 320 g/mol. The summed E-state index contributed by atoms with van der Waals surface area (Å²) in [6.45, 7) is 5.63. The summed E-state index contributed by atoms with van der Waals surface area (Å²) in [5.41, 5.74) is 0. The molecular formula is C11H16N2O2S4. The molecule has 4 atom stereocenters. The van der Waals surface area contributed by atoms with E-state index >= 15 is 0 Å². The molecule has 3 rings (SSSR count). The highest BCUT2D eigenvalue weighted by Crippen LogP contribution is 2.40. The zero-order valence-corrected chi connectivity index (χ0v) is 13.9. The Labute approximate surface area is 132 Å². The van der Waals surface area contributed by atoms with Gasteiger partial charge in [0, 0.05) is 13.1 Å². The van der Waals surface area contributed by atoms with Crippen LogP contribution in [0, 0.1) is 0 Å². The van der Waals surface area contributed by atoms with Crippen molar-refractivity contribution in [2.24, 2.45) is 0 Å². The molecule has 106 valence electrons. The second kappa shape index (κ2) is 5.31. The van der Waals surface area contributed by atoms with E-state index in [4.69, 9.17) is 33.9 Å². The van der Waals surface area contributed by atoms with Crippen LogP contribution in [0.3, 0.4) is 0 Å². The summed E-state index contributed by atoms with van der Waals surface area (Å²) < 4.78 is 13.9. The third kappa shape index (κ3) is 3.03. The lowest BCUT2D eigenvalue weighted by molar-refractivity contribution is -0.145. The summed E-state index contributed by atoms with van der Waals surface area (Å²) in [5, 5.41) is 7.04. The predicted molar refractivity (Wildman–Crippen MR) is 87.8 cm³/mol. The minimum atomic E-state index is -0.537. The van der Waals surface area contributed by atoms with Gasteiger partial charge in [0.1, 0.15) is 20.8 Å². The topological polar surface area (TPSA) is 42.5 Å². The van der Waals surface area contributed by atoms with Gasteiger partial charge in [0.2, 0.25) is 0 Å². The maximum atomic E-state index is 6.11. The lowest BCUT2D eigenvalue weighted by Gasteiger charge is -2.24. The van der Waals surface area contributed by atoms with E-state index in [1.165, 1.54) is 0 Å². The molecule has 3 heterocycles. The van der Waals surface area contributed by atoms with Gasteiger partial charge in [-0.05, 0) is 13.8 Å². The molecule has 3 aliphatic rings. The highest BCUT2D eigenvalue weighted by atomic mass is 32.2. The van der Waals surface area contributed by atoms with E-state index < -0.39 is 5.79 Å². The van der Waals surface area contributed by atoms with Gasteiger partial charge in [-0.1, -0.05) is 48.0 Å². The first-order valence-electron chi connectivity index (χ1n) is 6.19. The summed E-state index contributed by atoms with van der Waals surface area (Å²) in [6.07, 6.45) is 0.0984. The highest BCUT2D eigenvalue weighted by molar-refractivity contribution is 8.24. The first-order chi connectivity index (χ1) is 8.94. The molecule has 3 aliphatic heterocycles. The van der Waals surface area contributed by atoms with Gasteiger partial charge in [0.25, 0.3) is 0 Å². The van der Waals surface area contributed by atoms with Crippen molar-refractivity contribution in [2.75, 3.05) is 13.1 Å². The van der Waals surface area contributed by atoms with E-state index in [9.17, 15) is 0 Å². The molecule has 0 aromatic carbocycles. The van der Waals surface area contributed by atoms with Crippen molar-refractivity contribution in [3.63, 3.8) is 0 Å². The van der Waals surface area contributed by atoms with E-state index in [-0.39, 0.29) is 12.2 Å². The Hall–Kier alpha value is 0.400. The molecule has 0 spiro atoms. The van der Waals surface area contributed by atoms with Crippen LogP contribution in [0.25, 0.3) is 0 Å². The number of ether oxygens (including phenoxy) is 2. The summed E-state index contributed by atoms with van der Waals surface area (Å²) in [5.74, 6) is -0.537. The van der Waals surface area contributed by atoms with Crippen molar-refractivity contribution in [1.82, 2.24) is 10.6 Å². The summed E-state index contributed by atoms with van der Waals surface area (Å²) in [4.78, 5) is 0. The van der Waals surface area contributed by atoms with Crippen molar-refractivity contribution in [3.05, 3.63) is 0 Å². The van der Waals surface area contributed by atoms with E-state index in [1.807, 2.05) is 13.8 Å². The van der Waals surface area contributed by atoms with Crippen LogP contribution >= 0.6 is 48.0 Å². The molecule has 0 aromatic heterocycles. The standard InChI is InChI=1S/C11H16N2O2S4/c1-11(2)14-7(5-3-12-9(16)18-5)8(15-11)6-4-13-10(17)19-6/h5-8H,3-4H2,1-2H3,(H,12,16)(H,13,17)/t5-,6-,7-,8-/m1/s1. The molecule has 3 saturated heterocycles. The molecule has 2 N–H and O–H groups in total. The molecule has 0 saturated carbocycles. The fourth-order valence-electron chi connectivity index (χ4n) is 2.57. The Morgan fingerprint density at radius 2 is 1.42 bits per heavy atom. The quantitative estimate of drug-likeness (QED) is 0.735. The van der Waals surface area contributed by atoms with Gasteiger partial charge in [0.15, 0.2) is 5.79 Å². The molecule has 0 aliphatic carbocycles. The van der Waals surface area contributed by atoms with Crippen molar-refractivity contribution in [3.8, 4) is 0 Å². The van der Waals surface area contributed by atoms with Gasteiger partial charge < -0.3 is 20.1 Å². The van der Waals surface area contributed by atoms with Gasteiger partial charge in [-0.15, -0.1) is 0 Å². The van der Waals surface area contributed by atoms with Crippen LogP contribution in [0.15, 0.2) is 0 Å². The molecule has 0 bridgehead atoms. The zero-order valence-electron chi connectivity index (χ0n) is 10.7. The molecule has 3 fully saturated rings. The molecule has 0 amide bonds. The van der Waals surface area contributed by atoms with Crippen molar-refractivity contribution in [1.29, 1.82) is 0 Å². The van der Waals surface area contributed by atoms with Crippen LogP contribution in [-0.2, 0) is 9.47 Å². The zero-order chi connectivity index (χ0) is 13.6. The fourth-order valence-corrected chi connectivity index (χ4v) is 5.38. The molecule has 0 unspecified atom stereocenters. The van der Waals surface area contributed by atoms with Crippen molar-refractivity contribution < 1.29 is 9.47 Å². The van der Waals surface area contributed by atoms with Gasteiger partial charge in [-0.2, -0.15) is 0 Å². The maximum absolute atomic E-state index is 6.11. The van der Waals surface area contributed by atoms with Gasteiger partial charge in [-0.25, -0.2) is 0 Å². The number of thioether (sulfide) groups is 2. The minimum absolute atomic E-state index is 0.0492. The lowest BCUT2D eigenvalue weighted by atomic mass is 10.1. The van der Waals surface area contributed by atoms with Gasteiger partial charge in [-0.3, -0.25) is 0 Å². The van der Waals surface area contributed by atoms with Gasteiger partial charge >= 0.3 is 0 Å². The van der Waals surface area contributed by atoms with E-state index in [1.54, 1.807) is 23.5 Å². The van der Waals surface area contributed by atoms with Crippen LogP contribution in [-0.4, -0.2) is 50.2 Å². The van der Waals surface area contributed by atoms with Gasteiger partial charge in [0.05, 0.1) is 10.5 Å².